The highest BCUT2D eigenvalue weighted by molar-refractivity contribution is 7.89. The zero-order chi connectivity index (χ0) is 18.8. The quantitative estimate of drug-likeness (QED) is 0.748. The molecular weight excluding hydrogens is 361 g/mol. The predicted octanol–water partition coefficient (Wildman–Crippen LogP) is 3.06. The van der Waals surface area contributed by atoms with Gasteiger partial charge in [0, 0.05) is 5.69 Å². The van der Waals surface area contributed by atoms with E-state index in [1.165, 1.54) is 18.2 Å². The molecule has 0 saturated heterocycles. The molecule has 2 aromatic rings. The highest BCUT2D eigenvalue weighted by Crippen LogP contribution is 2.32. The highest BCUT2D eigenvalue weighted by atomic mass is 32.2. The average Bonchev–Trinajstić information content (AvgIpc) is 2.54. The number of alkyl halides is 3. The number of hydrogen-bond acceptors (Lipinski definition) is 4. The first-order valence-corrected chi connectivity index (χ1v) is 8.28. The largest absolute Gasteiger partial charge is 0.478 e. The van der Waals surface area contributed by atoms with Gasteiger partial charge in [-0.3, -0.25) is 0 Å². The summed E-state index contributed by atoms with van der Waals surface area (Å²) in [5, 5.41) is 11.8. The summed E-state index contributed by atoms with van der Waals surface area (Å²) in [5.74, 6) is -1.39. The molecule has 0 radical (unpaired) electrons. The van der Waals surface area contributed by atoms with E-state index < -0.39 is 27.7 Å². The van der Waals surface area contributed by atoms with Gasteiger partial charge in [-0.25, -0.2) is 17.9 Å². The molecule has 0 unspecified atom stereocenters. The number of anilines is 2. The molecule has 134 valence electrons. The maximum Gasteiger partial charge on any atom is 0.416 e. The average molecular weight is 374 g/mol. The minimum atomic E-state index is -4.52. The lowest BCUT2D eigenvalue weighted by molar-refractivity contribution is -0.137. The lowest BCUT2D eigenvalue weighted by atomic mass is 10.1. The third-order valence-electron chi connectivity index (χ3n) is 3.30. The number of carboxylic acids is 1. The molecule has 0 aliphatic carbocycles. The van der Waals surface area contributed by atoms with Crippen LogP contribution in [0.1, 0.15) is 15.9 Å². The van der Waals surface area contributed by atoms with Crippen molar-refractivity contribution in [1.29, 1.82) is 0 Å². The van der Waals surface area contributed by atoms with Gasteiger partial charge in [-0.15, -0.1) is 0 Å². The first kappa shape index (κ1) is 18.7. The number of carboxylic acid groups (broad SMARTS) is 1. The van der Waals surface area contributed by atoms with E-state index in [0.29, 0.717) is 0 Å². The molecule has 0 saturated carbocycles. The van der Waals surface area contributed by atoms with Crippen LogP contribution in [0.2, 0.25) is 0 Å². The second-order valence-corrected chi connectivity index (χ2v) is 6.75. The van der Waals surface area contributed by atoms with Crippen molar-refractivity contribution < 1.29 is 31.5 Å². The van der Waals surface area contributed by atoms with Crippen molar-refractivity contribution in [2.45, 2.75) is 11.1 Å². The Kier molecular flexibility index (Phi) is 5.04. The van der Waals surface area contributed by atoms with E-state index in [-0.39, 0.29) is 21.8 Å². The van der Waals surface area contributed by atoms with Crippen molar-refractivity contribution in [2.75, 3.05) is 12.4 Å². The summed E-state index contributed by atoms with van der Waals surface area (Å²) in [6, 6.07) is 7.39. The van der Waals surface area contributed by atoms with Gasteiger partial charge in [0.2, 0.25) is 10.0 Å². The van der Waals surface area contributed by atoms with Gasteiger partial charge in [-0.2, -0.15) is 13.2 Å². The van der Waals surface area contributed by atoms with Crippen LogP contribution >= 0.6 is 0 Å². The lowest BCUT2D eigenvalue weighted by Crippen LogP contribution is -2.21. The topological polar surface area (TPSA) is 95.5 Å². The third-order valence-corrected chi connectivity index (χ3v) is 4.75. The zero-order valence-corrected chi connectivity index (χ0v) is 13.6. The van der Waals surface area contributed by atoms with Gasteiger partial charge in [0.1, 0.15) is 4.90 Å². The van der Waals surface area contributed by atoms with Crippen molar-refractivity contribution in [3.63, 3.8) is 0 Å². The molecule has 3 N–H and O–H groups in total. The van der Waals surface area contributed by atoms with Crippen LogP contribution in [-0.4, -0.2) is 26.5 Å². The van der Waals surface area contributed by atoms with Crippen LogP contribution in [0.4, 0.5) is 24.5 Å². The maximum absolute atomic E-state index is 12.6. The van der Waals surface area contributed by atoms with E-state index in [1.807, 2.05) is 0 Å². The van der Waals surface area contributed by atoms with E-state index in [0.717, 1.165) is 31.3 Å². The molecule has 0 amide bonds. The molecule has 0 aliphatic rings. The maximum atomic E-state index is 12.6. The Morgan fingerprint density at radius 2 is 1.68 bits per heavy atom. The van der Waals surface area contributed by atoms with Crippen LogP contribution in [-0.2, 0) is 16.2 Å². The first-order chi connectivity index (χ1) is 11.6. The van der Waals surface area contributed by atoms with Gasteiger partial charge in [0.05, 0.1) is 16.8 Å². The van der Waals surface area contributed by atoms with E-state index in [9.17, 15) is 31.5 Å². The van der Waals surface area contributed by atoms with E-state index in [1.54, 1.807) is 0 Å². The van der Waals surface area contributed by atoms with Gasteiger partial charge in [0.15, 0.2) is 0 Å². The smallest absolute Gasteiger partial charge is 0.416 e. The summed E-state index contributed by atoms with van der Waals surface area (Å²) in [5.41, 5.74) is -1.36. The molecule has 0 atom stereocenters. The molecule has 0 fully saturated rings. The molecule has 6 nitrogen and oxygen atoms in total. The van der Waals surface area contributed by atoms with E-state index in [4.69, 9.17) is 0 Å². The normalized spacial score (nSPS) is 12.0. The summed E-state index contributed by atoms with van der Waals surface area (Å²) >= 11 is 0. The molecule has 2 rings (SSSR count). The molecule has 25 heavy (non-hydrogen) atoms. The van der Waals surface area contributed by atoms with E-state index in [2.05, 4.69) is 10.0 Å². The van der Waals surface area contributed by atoms with Crippen molar-refractivity contribution in [3.05, 3.63) is 53.6 Å². The molecule has 2 aromatic carbocycles. The molecular formula is C15H13F3N2O4S. The van der Waals surface area contributed by atoms with Crippen molar-refractivity contribution in [1.82, 2.24) is 4.72 Å². The molecule has 0 spiro atoms. The fourth-order valence-electron chi connectivity index (χ4n) is 2.06. The Morgan fingerprint density at radius 3 is 2.16 bits per heavy atom. The number of hydrogen-bond donors (Lipinski definition) is 3. The number of rotatable bonds is 5. The van der Waals surface area contributed by atoms with Crippen molar-refractivity contribution in [3.8, 4) is 0 Å². The monoisotopic (exact) mass is 374 g/mol. The van der Waals surface area contributed by atoms with Crippen molar-refractivity contribution in [2.24, 2.45) is 0 Å². The van der Waals surface area contributed by atoms with Gasteiger partial charge in [0.25, 0.3) is 0 Å². The Morgan fingerprint density at radius 1 is 1.08 bits per heavy atom. The number of para-hydroxylation sites is 1. The second-order valence-electron chi connectivity index (χ2n) is 4.89. The van der Waals surface area contributed by atoms with Crippen LogP contribution < -0.4 is 10.0 Å². The van der Waals surface area contributed by atoms with E-state index >= 15 is 0 Å². The Hall–Kier alpha value is -2.59. The zero-order valence-electron chi connectivity index (χ0n) is 12.8. The van der Waals surface area contributed by atoms with Crippen LogP contribution in [0.3, 0.4) is 0 Å². The Labute approximate surface area is 141 Å². The lowest BCUT2D eigenvalue weighted by Gasteiger charge is -2.15. The number of halogens is 3. The fourth-order valence-corrected chi connectivity index (χ4v) is 2.97. The molecule has 0 heterocycles. The van der Waals surface area contributed by atoms with Crippen LogP contribution in [0.5, 0.6) is 0 Å². The summed E-state index contributed by atoms with van der Waals surface area (Å²) in [6.45, 7) is 0. The highest BCUT2D eigenvalue weighted by Gasteiger charge is 2.30. The minimum absolute atomic E-state index is 0.106. The molecule has 0 bridgehead atoms. The Bertz CT molecular complexity index is 894. The third kappa shape index (κ3) is 4.09. The molecule has 0 aliphatic heterocycles. The van der Waals surface area contributed by atoms with Crippen LogP contribution in [0, 0.1) is 0 Å². The van der Waals surface area contributed by atoms with Gasteiger partial charge in [-0.05, 0) is 43.4 Å². The van der Waals surface area contributed by atoms with Crippen LogP contribution in [0.15, 0.2) is 47.4 Å². The van der Waals surface area contributed by atoms with Crippen LogP contribution in [0.25, 0.3) is 0 Å². The van der Waals surface area contributed by atoms with Gasteiger partial charge in [-0.1, -0.05) is 6.07 Å². The summed E-state index contributed by atoms with van der Waals surface area (Å²) < 4.78 is 64.0. The Balaban J connectivity index is 2.53. The molecule has 10 heteroatoms. The standard InChI is InChI=1S/C15H13F3N2O4S/c1-19-25(23,24)12-4-2-3-11(14(21)22)13(12)20-10-7-5-9(6-8-10)15(16,17)18/h2-8,19-20H,1H3,(H,21,22). The summed E-state index contributed by atoms with van der Waals surface area (Å²) in [7, 11) is -2.83. The first-order valence-electron chi connectivity index (χ1n) is 6.80. The fraction of sp³-hybridized carbons (Fsp3) is 0.133. The second kappa shape index (κ2) is 6.73. The van der Waals surface area contributed by atoms with Gasteiger partial charge < -0.3 is 10.4 Å². The summed E-state index contributed by atoms with van der Waals surface area (Å²) in [6.07, 6.45) is -4.52. The SMILES string of the molecule is CNS(=O)(=O)c1cccc(C(=O)O)c1Nc1ccc(C(F)(F)F)cc1. The van der Waals surface area contributed by atoms with Gasteiger partial charge >= 0.3 is 12.1 Å². The minimum Gasteiger partial charge on any atom is -0.478 e. The number of benzene rings is 2. The number of sulfonamides is 1. The molecule has 0 aromatic heterocycles. The predicted molar refractivity (Wildman–Crippen MR) is 84.4 cm³/mol. The number of carbonyl (C=O) groups is 1. The number of aromatic carboxylic acids is 1. The summed E-state index contributed by atoms with van der Waals surface area (Å²) in [4.78, 5) is 11.0. The number of nitrogens with one attached hydrogen (secondary N) is 2. The van der Waals surface area contributed by atoms with Crippen molar-refractivity contribution >= 4 is 27.4 Å².